The molecule has 21 N–H and O–H groups in total. The zero-order valence-electron chi connectivity index (χ0n) is 47.0. The molecular weight excluding hydrogens is 999 g/mol. The van der Waals surface area contributed by atoms with Crippen LogP contribution in [0.1, 0.15) is 127 Å². The van der Waals surface area contributed by atoms with Gasteiger partial charge in [0.1, 0.15) is 12.3 Å². The summed E-state index contributed by atoms with van der Waals surface area (Å²) in [6, 6.07) is -9.34. The Morgan fingerprint density at radius 1 is 0.468 bits per heavy atom. The van der Waals surface area contributed by atoms with Crippen LogP contribution in [0.4, 0.5) is 0 Å². The molecule has 0 fully saturated rings. The third kappa shape index (κ3) is 30.3. The van der Waals surface area contributed by atoms with Crippen LogP contribution in [0.5, 0.6) is 0 Å². The molecule has 26 nitrogen and oxygen atoms in total. The first kappa shape index (κ1) is 71.5. The van der Waals surface area contributed by atoms with Crippen LogP contribution in [0.25, 0.3) is 0 Å². The van der Waals surface area contributed by atoms with Gasteiger partial charge in [-0.05, 0) is 103 Å². The molecule has 26 heteroatoms. The van der Waals surface area contributed by atoms with Crippen molar-refractivity contribution in [3.05, 3.63) is 12.3 Å². The van der Waals surface area contributed by atoms with Gasteiger partial charge in [0.25, 0.3) is 0 Å². The molecule has 0 heterocycles. The number of carbonyl (C=O) groups is 11. The van der Waals surface area contributed by atoms with E-state index >= 15 is 0 Å². The largest absolute Gasteiger partial charge is 0.379 e. The Morgan fingerprint density at radius 2 is 0.935 bits per heavy atom. The summed E-state index contributed by atoms with van der Waals surface area (Å²) in [5.74, 6) is -7.91. The van der Waals surface area contributed by atoms with E-state index in [-0.39, 0.29) is 82.2 Å². The van der Waals surface area contributed by atoms with Crippen LogP contribution >= 0.6 is 0 Å². The maximum absolute atomic E-state index is 14.0. The van der Waals surface area contributed by atoms with Crippen molar-refractivity contribution in [1.82, 2.24) is 47.9 Å². The number of primary amides is 2. The van der Waals surface area contributed by atoms with Gasteiger partial charge in [-0.1, -0.05) is 48.1 Å². The Balaban J connectivity index is 5.98. The molecule has 0 aromatic rings. The minimum Gasteiger partial charge on any atom is -0.379 e. The highest BCUT2D eigenvalue weighted by molar-refractivity contribution is 6.41. The number of nitrogens with one attached hydrogen (secondary N) is 9. The SMILES string of the molecule is C=C(C)N[C@@H](CCCNC(N)N)C(=O)CN[C@@H](C)C(=O)CN[C@H](C(=O)N[C@@H](CCCCN)C(=O)C(=O)[C@H](CCC(N)=O)NCC(=O)[C@H](C)NCC(=O)[C@H](CC(C)C)NC(=O)[C@@H](NC(=O)[C@@H](N)CCC(N)=O)C(C)C)C(C)C. The second kappa shape index (κ2) is 38.2. The molecule has 0 bridgehead atoms. The Kier molecular flexibility index (Phi) is 35.5. The first-order chi connectivity index (χ1) is 35.9. The van der Waals surface area contributed by atoms with Crippen LogP contribution in [0, 0.1) is 17.8 Å². The van der Waals surface area contributed by atoms with E-state index < -0.39 is 132 Å². The zero-order chi connectivity index (χ0) is 59.1. The Morgan fingerprint density at radius 3 is 1.43 bits per heavy atom. The minimum atomic E-state index is -1.39. The molecule has 440 valence electrons. The number of amides is 5. The monoisotopic (exact) mass is 1090 g/mol. The predicted octanol–water partition coefficient (Wildman–Crippen LogP) is -3.86. The van der Waals surface area contributed by atoms with Crippen molar-refractivity contribution in [3.63, 3.8) is 0 Å². The van der Waals surface area contributed by atoms with Crippen molar-refractivity contribution >= 4 is 64.2 Å². The van der Waals surface area contributed by atoms with Crippen molar-refractivity contribution in [2.45, 2.75) is 187 Å². The van der Waals surface area contributed by atoms with E-state index in [0.717, 1.165) is 0 Å². The average Bonchev–Trinajstić information content (AvgIpc) is 3.34. The van der Waals surface area contributed by atoms with Crippen LogP contribution in [-0.4, -0.2) is 164 Å². The fourth-order valence-electron chi connectivity index (χ4n) is 7.75. The topological polar surface area (TPSA) is 452 Å². The molecule has 77 heavy (non-hydrogen) atoms. The number of allylic oxidation sites excluding steroid dienone is 1. The summed E-state index contributed by atoms with van der Waals surface area (Å²) in [4.78, 5) is 145. The molecule has 0 radical (unpaired) electrons. The van der Waals surface area contributed by atoms with E-state index in [9.17, 15) is 52.7 Å². The fraction of sp³-hybridized carbons (Fsp3) is 0.745. The van der Waals surface area contributed by atoms with Gasteiger partial charge >= 0.3 is 0 Å². The van der Waals surface area contributed by atoms with Gasteiger partial charge in [-0.15, -0.1) is 0 Å². The third-order valence-corrected chi connectivity index (χ3v) is 12.5. The van der Waals surface area contributed by atoms with Crippen molar-refractivity contribution in [3.8, 4) is 0 Å². The quantitative estimate of drug-likeness (QED) is 0.0158. The molecule has 0 saturated heterocycles. The molecule has 0 aliphatic carbocycles. The maximum Gasteiger partial charge on any atom is 0.243 e. The lowest BCUT2D eigenvalue weighted by Crippen LogP contribution is -2.57. The number of ketones is 6. The minimum absolute atomic E-state index is 0.0125. The van der Waals surface area contributed by atoms with Crippen LogP contribution in [0.3, 0.4) is 0 Å². The molecule has 0 aliphatic rings. The van der Waals surface area contributed by atoms with E-state index in [1.54, 1.807) is 41.5 Å². The average molecular weight is 1090 g/mol. The second-order valence-electron chi connectivity index (χ2n) is 20.8. The summed E-state index contributed by atoms with van der Waals surface area (Å²) in [6.45, 7) is 18.6. The van der Waals surface area contributed by atoms with E-state index in [1.165, 1.54) is 6.92 Å². The Hall–Kier alpha value is -5.45. The molecule has 0 aliphatic heterocycles. The summed E-state index contributed by atoms with van der Waals surface area (Å²) >= 11 is 0. The van der Waals surface area contributed by atoms with Crippen LogP contribution < -0.4 is 82.3 Å². The molecule has 0 aromatic carbocycles. The van der Waals surface area contributed by atoms with E-state index in [2.05, 4.69) is 54.4 Å². The number of hydrogen-bond donors (Lipinski definition) is 15. The van der Waals surface area contributed by atoms with E-state index in [4.69, 9.17) is 34.4 Å². The van der Waals surface area contributed by atoms with Crippen LogP contribution in [0.2, 0.25) is 0 Å². The summed E-state index contributed by atoms with van der Waals surface area (Å²) in [7, 11) is 0. The van der Waals surface area contributed by atoms with Gasteiger partial charge in [-0.3, -0.25) is 63.4 Å². The molecule has 0 spiro atoms. The highest BCUT2D eigenvalue weighted by Gasteiger charge is 2.36. The van der Waals surface area contributed by atoms with Crippen molar-refractivity contribution in [2.75, 3.05) is 39.3 Å². The molecule has 9 atom stereocenters. The third-order valence-electron chi connectivity index (χ3n) is 12.5. The van der Waals surface area contributed by atoms with Crippen molar-refractivity contribution in [2.24, 2.45) is 52.2 Å². The van der Waals surface area contributed by atoms with Gasteiger partial charge in [0.2, 0.25) is 41.1 Å². The lowest BCUT2D eigenvalue weighted by Gasteiger charge is -2.27. The summed E-state index contributed by atoms with van der Waals surface area (Å²) in [5.41, 5.74) is 33.9. The number of Topliss-reactive ketones (excluding diaryl/α,β-unsaturated/α-hetero) is 6. The van der Waals surface area contributed by atoms with Gasteiger partial charge in [-0.25, -0.2) is 0 Å². The summed E-state index contributed by atoms with van der Waals surface area (Å²) < 4.78 is 0. The van der Waals surface area contributed by atoms with E-state index in [0.29, 0.717) is 37.9 Å². The molecular formula is C51H95N15O11. The summed E-state index contributed by atoms with van der Waals surface area (Å²) in [6.07, 6.45) is 0.605. The number of rotatable bonds is 46. The number of unbranched alkanes of at least 4 members (excludes halogenated alkanes) is 1. The smallest absolute Gasteiger partial charge is 0.243 e. The van der Waals surface area contributed by atoms with E-state index in [1.807, 2.05) is 13.8 Å². The standard InChI is InChI=1S/C51H95N15O11/c1-27(2)22-37(65-50(77)45(29(5)6)66-48(75)33(53)16-18-42(54)71)41(70)26-60-31(9)38(67)23-61-35(17-19-43(55)72)46(73)47(74)36(14-11-12-20-52)64-49(76)44(28(3)4)62-24-39(68)32(10)59-25-40(69)34(63-30(7)8)15-13-21-58-51(56)57/h27-29,31-37,44-45,51,58-63H,7,11-26,52-53,56-57H2,1-6,8-10H3,(H2,54,71)(H2,55,72)(H,64,76)(H,65,77)(H,66,75)/t31-,32-,33-,34-,35-,36-,37-,44-,45-/m0/s1. The van der Waals surface area contributed by atoms with Gasteiger partial charge in [-0.2, -0.15) is 0 Å². The molecule has 5 amide bonds. The van der Waals surface area contributed by atoms with Crippen LogP contribution in [0.15, 0.2) is 12.3 Å². The van der Waals surface area contributed by atoms with Crippen LogP contribution in [-0.2, 0) is 52.7 Å². The molecule has 0 unspecified atom stereocenters. The normalized spacial score (nSPS) is 15.1. The van der Waals surface area contributed by atoms with Crippen molar-refractivity contribution in [1.29, 1.82) is 0 Å². The molecule has 0 rings (SSSR count). The molecule has 0 aromatic heterocycles. The van der Waals surface area contributed by atoms with Gasteiger partial charge < -0.3 is 71.6 Å². The fourth-order valence-corrected chi connectivity index (χ4v) is 7.75. The second-order valence-corrected chi connectivity index (χ2v) is 20.8. The number of nitrogens with two attached hydrogens (primary N) is 6. The lowest BCUT2D eigenvalue weighted by molar-refractivity contribution is -0.140. The Labute approximate surface area is 454 Å². The maximum atomic E-state index is 14.0. The molecule has 0 saturated carbocycles. The zero-order valence-corrected chi connectivity index (χ0v) is 47.0. The van der Waals surface area contributed by atoms with Gasteiger partial charge in [0.15, 0.2) is 23.1 Å². The highest BCUT2D eigenvalue weighted by Crippen LogP contribution is 2.12. The Bertz CT molecular complexity index is 1970. The van der Waals surface area contributed by atoms with Crippen molar-refractivity contribution < 1.29 is 52.7 Å². The highest BCUT2D eigenvalue weighted by atomic mass is 16.2. The lowest BCUT2D eigenvalue weighted by atomic mass is 9.94. The first-order valence-corrected chi connectivity index (χ1v) is 26.7. The first-order valence-electron chi connectivity index (χ1n) is 26.7. The summed E-state index contributed by atoms with van der Waals surface area (Å²) in [5, 5.41) is 25.4. The number of carbonyl (C=O) groups excluding carboxylic acids is 11. The van der Waals surface area contributed by atoms with Gasteiger partial charge in [0, 0.05) is 18.5 Å². The predicted molar refractivity (Wildman–Crippen MR) is 292 cm³/mol. The number of hydrogen-bond acceptors (Lipinski definition) is 21. The van der Waals surface area contributed by atoms with Gasteiger partial charge in [0.05, 0.1) is 74.5 Å².